The molecule has 1 N–H and O–H groups in total. The van der Waals surface area contributed by atoms with E-state index < -0.39 is 28.5 Å². The van der Waals surface area contributed by atoms with Crippen molar-refractivity contribution in [2.24, 2.45) is 0 Å². The van der Waals surface area contributed by atoms with Gasteiger partial charge in [-0.2, -0.15) is 0 Å². The van der Waals surface area contributed by atoms with E-state index >= 15 is 0 Å². The fraction of sp³-hybridized carbons (Fsp3) is 0.310. The molecule has 202 valence electrons. The van der Waals surface area contributed by atoms with Gasteiger partial charge in [-0.3, -0.25) is 13.9 Å². The van der Waals surface area contributed by atoms with Crippen molar-refractivity contribution >= 4 is 27.5 Å². The topological polar surface area (TPSA) is 96.0 Å². The molecule has 0 aliphatic heterocycles. The molecule has 3 aromatic rings. The summed E-state index contributed by atoms with van der Waals surface area (Å²) in [5.74, 6) is -0.189. The molecule has 0 unspecified atom stereocenters. The average Bonchev–Trinajstić information content (AvgIpc) is 2.89. The third-order valence-corrected chi connectivity index (χ3v) is 7.22. The molecular weight excluding hydrogens is 502 g/mol. The molecule has 0 spiro atoms. The summed E-state index contributed by atoms with van der Waals surface area (Å²) in [5, 5.41) is 2.84. The van der Waals surface area contributed by atoms with Gasteiger partial charge in [0.1, 0.15) is 18.3 Å². The van der Waals surface area contributed by atoms with Crippen molar-refractivity contribution in [3.05, 3.63) is 95.6 Å². The van der Waals surface area contributed by atoms with Gasteiger partial charge in [-0.15, -0.1) is 0 Å². The maximum atomic E-state index is 14.0. The first-order chi connectivity index (χ1) is 18.1. The molecule has 0 aliphatic carbocycles. The number of hydrogen-bond donors (Lipinski definition) is 1. The molecule has 0 radical (unpaired) electrons. The van der Waals surface area contributed by atoms with Crippen molar-refractivity contribution < 1.29 is 22.7 Å². The van der Waals surface area contributed by atoms with Crippen LogP contribution in [0.25, 0.3) is 0 Å². The number of carbonyl (C=O) groups is 2. The van der Waals surface area contributed by atoms with Gasteiger partial charge in [-0.05, 0) is 54.8 Å². The number of nitrogens with one attached hydrogen (secondary N) is 1. The second-order valence-corrected chi connectivity index (χ2v) is 11.0. The van der Waals surface area contributed by atoms with E-state index in [0.717, 1.165) is 27.3 Å². The van der Waals surface area contributed by atoms with Crippen LogP contribution in [-0.2, 0) is 32.6 Å². The minimum atomic E-state index is -3.80. The standard InChI is InChI=1S/C29H35N3O5S/c1-5-30-29(34)27(19-23-12-7-6-8-13-23)31(20-24-14-10-16-26(18-24)37-3)28(33)21-32(38(4,35)36)25-15-9-11-22(2)17-25/h6-18,27H,5,19-21H2,1-4H3,(H,30,34)/t27-/m1/s1. The van der Waals surface area contributed by atoms with Gasteiger partial charge in [0.2, 0.25) is 21.8 Å². The SMILES string of the molecule is CCNC(=O)[C@@H](Cc1ccccc1)N(Cc1cccc(OC)c1)C(=O)CN(c1cccc(C)c1)S(C)(=O)=O. The monoisotopic (exact) mass is 537 g/mol. The second kappa shape index (κ2) is 13.1. The van der Waals surface area contributed by atoms with Crippen LogP contribution >= 0.6 is 0 Å². The zero-order valence-corrected chi connectivity index (χ0v) is 23.1. The lowest BCUT2D eigenvalue weighted by Gasteiger charge is -2.33. The van der Waals surface area contributed by atoms with Crippen LogP contribution in [0.3, 0.4) is 0 Å². The lowest BCUT2D eigenvalue weighted by molar-refractivity contribution is -0.140. The molecule has 3 aromatic carbocycles. The Morgan fingerprint density at radius 2 is 1.63 bits per heavy atom. The Labute approximate surface area is 225 Å². The minimum absolute atomic E-state index is 0.0933. The first kappa shape index (κ1) is 28.7. The van der Waals surface area contributed by atoms with E-state index in [9.17, 15) is 18.0 Å². The van der Waals surface area contributed by atoms with Crippen LogP contribution in [0.4, 0.5) is 5.69 Å². The van der Waals surface area contributed by atoms with E-state index in [2.05, 4.69) is 5.32 Å². The van der Waals surface area contributed by atoms with Crippen LogP contribution in [0, 0.1) is 6.92 Å². The lowest BCUT2D eigenvalue weighted by Crippen LogP contribution is -2.53. The predicted molar refractivity (Wildman–Crippen MR) is 150 cm³/mol. The normalized spacial score (nSPS) is 11.9. The highest BCUT2D eigenvalue weighted by Gasteiger charge is 2.32. The largest absolute Gasteiger partial charge is 0.497 e. The lowest BCUT2D eigenvalue weighted by atomic mass is 10.0. The number of nitrogens with zero attached hydrogens (tertiary/aromatic N) is 2. The highest BCUT2D eigenvalue weighted by atomic mass is 32.2. The van der Waals surface area contributed by atoms with Crippen molar-refractivity contribution in [1.29, 1.82) is 0 Å². The molecule has 0 heterocycles. The van der Waals surface area contributed by atoms with E-state index in [1.807, 2.05) is 62.4 Å². The Hall–Kier alpha value is -3.85. The Balaban J connectivity index is 2.05. The summed E-state index contributed by atoms with van der Waals surface area (Å²) < 4.78 is 32.0. The fourth-order valence-electron chi connectivity index (χ4n) is 4.21. The van der Waals surface area contributed by atoms with Gasteiger partial charge in [0.05, 0.1) is 19.1 Å². The third-order valence-electron chi connectivity index (χ3n) is 6.08. The predicted octanol–water partition coefficient (Wildman–Crippen LogP) is 3.55. The molecule has 2 amide bonds. The molecule has 0 saturated carbocycles. The maximum Gasteiger partial charge on any atom is 0.244 e. The Kier molecular flexibility index (Phi) is 9.90. The fourth-order valence-corrected chi connectivity index (χ4v) is 5.05. The van der Waals surface area contributed by atoms with E-state index in [0.29, 0.717) is 18.0 Å². The summed E-state index contributed by atoms with van der Waals surface area (Å²) in [6.07, 6.45) is 1.34. The third kappa shape index (κ3) is 7.82. The second-order valence-electron chi connectivity index (χ2n) is 9.08. The smallest absolute Gasteiger partial charge is 0.244 e. The molecule has 0 aliphatic rings. The molecular formula is C29H35N3O5S. The number of benzene rings is 3. The molecule has 9 heteroatoms. The molecule has 0 bridgehead atoms. The van der Waals surface area contributed by atoms with Crippen LogP contribution in [0.2, 0.25) is 0 Å². The number of likely N-dealkylation sites (N-methyl/N-ethyl adjacent to an activating group) is 1. The van der Waals surface area contributed by atoms with E-state index in [1.165, 1.54) is 4.90 Å². The number of rotatable bonds is 12. The van der Waals surface area contributed by atoms with Crippen molar-refractivity contribution in [3.63, 3.8) is 0 Å². The molecule has 1 atom stereocenters. The van der Waals surface area contributed by atoms with Crippen molar-refractivity contribution in [2.45, 2.75) is 32.9 Å². The van der Waals surface area contributed by atoms with Crippen molar-refractivity contribution in [3.8, 4) is 5.75 Å². The molecule has 3 rings (SSSR count). The van der Waals surface area contributed by atoms with Crippen molar-refractivity contribution in [2.75, 3.05) is 30.8 Å². The highest BCUT2D eigenvalue weighted by molar-refractivity contribution is 7.92. The molecule has 8 nitrogen and oxygen atoms in total. The van der Waals surface area contributed by atoms with Gasteiger partial charge in [-0.1, -0.05) is 54.6 Å². The van der Waals surface area contributed by atoms with Crippen LogP contribution in [-0.4, -0.2) is 57.6 Å². The first-order valence-electron chi connectivity index (χ1n) is 12.4. The van der Waals surface area contributed by atoms with Gasteiger partial charge >= 0.3 is 0 Å². The van der Waals surface area contributed by atoms with Crippen LogP contribution in [0.1, 0.15) is 23.6 Å². The number of sulfonamides is 1. The summed E-state index contributed by atoms with van der Waals surface area (Å²) in [6, 6.07) is 22.8. The highest BCUT2D eigenvalue weighted by Crippen LogP contribution is 2.22. The maximum absolute atomic E-state index is 14.0. The molecule has 38 heavy (non-hydrogen) atoms. The van der Waals surface area contributed by atoms with Gasteiger partial charge in [0.15, 0.2) is 0 Å². The van der Waals surface area contributed by atoms with Crippen LogP contribution in [0.5, 0.6) is 5.75 Å². The van der Waals surface area contributed by atoms with Crippen molar-refractivity contribution in [1.82, 2.24) is 10.2 Å². The van der Waals surface area contributed by atoms with Gasteiger partial charge in [-0.25, -0.2) is 8.42 Å². The van der Waals surface area contributed by atoms with Gasteiger partial charge < -0.3 is 15.0 Å². The quantitative estimate of drug-likeness (QED) is 0.381. The summed E-state index contributed by atoms with van der Waals surface area (Å²) in [7, 11) is -2.24. The zero-order chi connectivity index (χ0) is 27.7. The molecule has 0 saturated heterocycles. The first-order valence-corrected chi connectivity index (χ1v) is 14.3. The average molecular weight is 538 g/mol. The van der Waals surface area contributed by atoms with Gasteiger partial charge in [0.25, 0.3) is 0 Å². The van der Waals surface area contributed by atoms with Crippen LogP contribution < -0.4 is 14.4 Å². The summed E-state index contributed by atoms with van der Waals surface area (Å²) in [6.45, 7) is 3.71. The molecule has 0 aromatic heterocycles. The number of hydrogen-bond acceptors (Lipinski definition) is 5. The Morgan fingerprint density at radius 1 is 0.947 bits per heavy atom. The summed E-state index contributed by atoms with van der Waals surface area (Å²) in [5.41, 5.74) is 2.88. The zero-order valence-electron chi connectivity index (χ0n) is 22.3. The number of methoxy groups -OCH3 is 1. The summed E-state index contributed by atoms with van der Waals surface area (Å²) in [4.78, 5) is 28.8. The number of ether oxygens (including phenoxy) is 1. The Morgan fingerprint density at radius 3 is 2.26 bits per heavy atom. The number of aryl methyl sites for hydroxylation is 1. The van der Waals surface area contributed by atoms with E-state index in [1.54, 1.807) is 37.4 Å². The van der Waals surface area contributed by atoms with Gasteiger partial charge in [0, 0.05) is 19.5 Å². The summed E-state index contributed by atoms with van der Waals surface area (Å²) >= 11 is 0. The molecule has 0 fully saturated rings. The van der Waals surface area contributed by atoms with Crippen LogP contribution in [0.15, 0.2) is 78.9 Å². The van der Waals surface area contributed by atoms with E-state index in [-0.39, 0.29) is 18.9 Å². The minimum Gasteiger partial charge on any atom is -0.497 e. The Bertz CT molecular complexity index is 1350. The number of anilines is 1. The number of carbonyl (C=O) groups excluding carboxylic acids is 2. The van der Waals surface area contributed by atoms with E-state index in [4.69, 9.17) is 4.74 Å². The number of amides is 2.